The summed E-state index contributed by atoms with van der Waals surface area (Å²) in [7, 11) is 0. The molecule has 14 rings (SSSR count). The summed E-state index contributed by atoms with van der Waals surface area (Å²) in [5.74, 6) is 0. The zero-order valence-corrected chi connectivity index (χ0v) is 32.5. The SMILES string of the molecule is c1ccc2c(c1)-c1ccccc1C21c2cc(-c3c4ccccc4cc4c3ccc3ccccc34)cc(-c3ccc4c(c3)oc3ccccc34)c2-c2ccc3ccccc3c21. The zero-order valence-electron chi connectivity index (χ0n) is 32.5. The van der Waals surface area contributed by atoms with Gasteiger partial charge in [0.05, 0.1) is 5.41 Å². The van der Waals surface area contributed by atoms with Crippen molar-refractivity contribution < 1.29 is 4.42 Å². The Balaban J connectivity index is 1.20. The summed E-state index contributed by atoms with van der Waals surface area (Å²) >= 11 is 0. The van der Waals surface area contributed by atoms with Crippen molar-refractivity contribution in [1.29, 1.82) is 0 Å². The first-order chi connectivity index (χ1) is 29.8. The van der Waals surface area contributed by atoms with Crippen LogP contribution in [0.25, 0.3) is 110 Å². The van der Waals surface area contributed by atoms with E-state index in [2.05, 4.69) is 206 Å². The smallest absolute Gasteiger partial charge is 0.136 e. The average molecular weight is 759 g/mol. The lowest BCUT2D eigenvalue weighted by atomic mass is 9.69. The van der Waals surface area contributed by atoms with Crippen LogP contribution in [0.2, 0.25) is 0 Å². The second-order valence-corrected chi connectivity index (χ2v) is 16.7. The van der Waals surface area contributed by atoms with Crippen LogP contribution in [-0.4, -0.2) is 0 Å². The van der Waals surface area contributed by atoms with Gasteiger partial charge in [0.2, 0.25) is 0 Å². The molecule has 0 fully saturated rings. The van der Waals surface area contributed by atoms with Gasteiger partial charge in [0.25, 0.3) is 0 Å². The van der Waals surface area contributed by atoms with Gasteiger partial charge in [-0.05, 0) is 146 Å². The molecule has 1 nitrogen and oxygen atoms in total. The highest BCUT2D eigenvalue weighted by molar-refractivity contribution is 6.21. The van der Waals surface area contributed by atoms with E-state index in [9.17, 15) is 0 Å². The lowest BCUT2D eigenvalue weighted by Crippen LogP contribution is -2.26. The van der Waals surface area contributed by atoms with Gasteiger partial charge in [-0.25, -0.2) is 0 Å². The van der Waals surface area contributed by atoms with Crippen LogP contribution >= 0.6 is 0 Å². The monoisotopic (exact) mass is 758 g/mol. The number of rotatable bonds is 2. The molecule has 0 atom stereocenters. The van der Waals surface area contributed by atoms with Gasteiger partial charge in [0.1, 0.15) is 11.2 Å². The summed E-state index contributed by atoms with van der Waals surface area (Å²) in [5.41, 5.74) is 16.6. The predicted molar refractivity (Wildman–Crippen MR) is 251 cm³/mol. The molecule has 0 saturated carbocycles. The summed E-state index contributed by atoms with van der Waals surface area (Å²) in [6, 6.07) is 77.1. The number of furan rings is 1. The van der Waals surface area contributed by atoms with Crippen LogP contribution in [0.3, 0.4) is 0 Å². The Labute approximate surface area is 346 Å². The highest BCUT2D eigenvalue weighted by atomic mass is 16.3. The molecule has 0 bridgehead atoms. The Bertz CT molecular complexity index is 3800. The minimum atomic E-state index is -0.556. The van der Waals surface area contributed by atoms with Crippen LogP contribution in [0.1, 0.15) is 22.3 Å². The fraction of sp³-hybridized carbons (Fsp3) is 0.0169. The second kappa shape index (κ2) is 11.7. The fourth-order valence-corrected chi connectivity index (χ4v) is 11.4. The Morgan fingerprint density at radius 2 is 0.883 bits per heavy atom. The lowest BCUT2D eigenvalue weighted by molar-refractivity contribution is 0.669. The first kappa shape index (κ1) is 32.2. The average Bonchev–Trinajstić information content (AvgIpc) is 3.94. The largest absolute Gasteiger partial charge is 0.456 e. The van der Waals surface area contributed by atoms with Crippen LogP contribution in [0.4, 0.5) is 0 Å². The number of fused-ring (bicyclic) bond motifs is 19. The van der Waals surface area contributed by atoms with Gasteiger partial charge < -0.3 is 4.42 Å². The molecule has 0 aliphatic heterocycles. The predicted octanol–water partition coefficient (Wildman–Crippen LogP) is 15.9. The molecule has 1 heterocycles. The molecule has 0 N–H and O–H groups in total. The molecule has 1 aromatic heterocycles. The van der Waals surface area contributed by atoms with Gasteiger partial charge in [-0.1, -0.05) is 170 Å². The van der Waals surface area contributed by atoms with Gasteiger partial charge in [-0.2, -0.15) is 0 Å². The first-order valence-electron chi connectivity index (χ1n) is 20.9. The van der Waals surface area contributed by atoms with Gasteiger partial charge in [-0.3, -0.25) is 0 Å². The van der Waals surface area contributed by atoms with E-state index in [0.717, 1.165) is 27.5 Å². The third-order valence-electron chi connectivity index (χ3n) is 13.8. The van der Waals surface area contributed by atoms with Crippen molar-refractivity contribution in [3.8, 4) is 44.5 Å². The van der Waals surface area contributed by atoms with Crippen molar-refractivity contribution in [2.45, 2.75) is 5.41 Å². The molecule has 0 radical (unpaired) electrons. The van der Waals surface area contributed by atoms with E-state index >= 15 is 0 Å². The molecular formula is C59H34O. The first-order valence-corrected chi connectivity index (χ1v) is 20.9. The van der Waals surface area contributed by atoms with E-state index in [1.807, 2.05) is 0 Å². The molecular weight excluding hydrogens is 725 g/mol. The normalized spacial score (nSPS) is 13.5. The van der Waals surface area contributed by atoms with Crippen molar-refractivity contribution in [2.24, 2.45) is 0 Å². The molecule has 60 heavy (non-hydrogen) atoms. The maximum atomic E-state index is 6.62. The summed E-state index contributed by atoms with van der Waals surface area (Å²) in [6.07, 6.45) is 0. The van der Waals surface area contributed by atoms with Crippen LogP contribution in [0.5, 0.6) is 0 Å². The summed E-state index contributed by atoms with van der Waals surface area (Å²) < 4.78 is 6.62. The van der Waals surface area contributed by atoms with Gasteiger partial charge in [0.15, 0.2) is 0 Å². The quantitative estimate of drug-likeness (QED) is 0.126. The Morgan fingerprint density at radius 1 is 0.283 bits per heavy atom. The Kier molecular flexibility index (Phi) is 6.28. The van der Waals surface area contributed by atoms with Crippen LogP contribution in [0, 0.1) is 0 Å². The highest BCUT2D eigenvalue weighted by Crippen LogP contribution is 2.66. The fourth-order valence-electron chi connectivity index (χ4n) is 11.4. The van der Waals surface area contributed by atoms with Crippen LogP contribution in [0.15, 0.2) is 211 Å². The minimum absolute atomic E-state index is 0.556. The molecule has 0 unspecified atom stereocenters. The maximum absolute atomic E-state index is 6.62. The Hall–Kier alpha value is -7.74. The van der Waals surface area contributed by atoms with Crippen LogP contribution in [-0.2, 0) is 5.41 Å². The van der Waals surface area contributed by atoms with Gasteiger partial charge in [0, 0.05) is 10.8 Å². The third kappa shape index (κ3) is 4.06. The molecule has 1 spiro atoms. The van der Waals surface area contributed by atoms with E-state index in [1.54, 1.807) is 0 Å². The lowest BCUT2D eigenvalue weighted by Gasteiger charge is -2.32. The molecule has 0 saturated heterocycles. The standard InChI is InChI=1S/C59H34O/c1-4-16-40-35(13-1)25-29-47-50(40)31-37-15-3-5-17-41(37)56(47)39-32-49(38-27-28-46-45-21-9-12-24-54(45)60-55(46)34-38)57-48-30-26-36-14-2-6-18-42(36)58(48)59(53(57)33-39)51-22-10-7-19-43(51)44-20-8-11-23-52(44)59/h1-34H. The van der Waals surface area contributed by atoms with Crippen molar-refractivity contribution >= 4 is 65.0 Å². The van der Waals surface area contributed by atoms with Gasteiger partial charge in [-0.15, -0.1) is 0 Å². The highest BCUT2D eigenvalue weighted by Gasteiger charge is 2.53. The maximum Gasteiger partial charge on any atom is 0.136 e. The van der Waals surface area contributed by atoms with Gasteiger partial charge >= 0.3 is 0 Å². The number of para-hydroxylation sites is 1. The van der Waals surface area contributed by atoms with Crippen molar-refractivity contribution in [3.05, 3.63) is 229 Å². The molecule has 276 valence electrons. The zero-order chi connectivity index (χ0) is 39.1. The molecule has 12 aromatic rings. The molecule has 1 heteroatoms. The summed E-state index contributed by atoms with van der Waals surface area (Å²) in [4.78, 5) is 0. The van der Waals surface area contributed by atoms with E-state index in [-0.39, 0.29) is 0 Å². The molecule has 0 amide bonds. The second-order valence-electron chi connectivity index (χ2n) is 16.7. The molecule has 2 aliphatic rings. The number of benzene rings is 11. The van der Waals surface area contributed by atoms with Crippen LogP contribution < -0.4 is 0 Å². The minimum Gasteiger partial charge on any atom is -0.456 e. The topological polar surface area (TPSA) is 13.1 Å². The third-order valence-corrected chi connectivity index (χ3v) is 13.8. The van der Waals surface area contributed by atoms with Crippen molar-refractivity contribution in [1.82, 2.24) is 0 Å². The summed E-state index contributed by atoms with van der Waals surface area (Å²) in [6.45, 7) is 0. The van der Waals surface area contributed by atoms with E-state index < -0.39 is 5.41 Å². The Morgan fingerprint density at radius 3 is 1.68 bits per heavy atom. The van der Waals surface area contributed by atoms with E-state index in [4.69, 9.17) is 4.42 Å². The van der Waals surface area contributed by atoms with Crippen molar-refractivity contribution in [2.75, 3.05) is 0 Å². The summed E-state index contributed by atoms with van der Waals surface area (Å²) in [5, 5.41) is 12.4. The number of hydrogen-bond acceptors (Lipinski definition) is 1. The van der Waals surface area contributed by atoms with E-state index in [1.165, 1.54) is 104 Å². The molecule has 2 aliphatic carbocycles. The number of hydrogen-bond donors (Lipinski definition) is 0. The van der Waals surface area contributed by atoms with E-state index in [0.29, 0.717) is 0 Å². The molecule has 11 aromatic carbocycles. The van der Waals surface area contributed by atoms with Crippen molar-refractivity contribution in [3.63, 3.8) is 0 Å².